The van der Waals surface area contributed by atoms with E-state index >= 15 is 0 Å². The Hall–Kier alpha value is -4.09. The van der Waals surface area contributed by atoms with Crippen LogP contribution in [0.3, 0.4) is 0 Å². The van der Waals surface area contributed by atoms with Crippen LogP contribution in [0, 0.1) is 18.6 Å². The first-order chi connectivity index (χ1) is 18.3. The van der Waals surface area contributed by atoms with Crippen LogP contribution in [0.5, 0.6) is 0 Å². The van der Waals surface area contributed by atoms with Crippen molar-refractivity contribution in [3.63, 3.8) is 0 Å². The molecule has 2 aromatic carbocycles. The Morgan fingerprint density at radius 2 is 1.92 bits per heavy atom. The quantitative estimate of drug-likeness (QED) is 0.346. The Morgan fingerprint density at radius 3 is 2.61 bits per heavy atom. The molecule has 11 heteroatoms. The minimum Gasteiger partial charge on any atom is -0.333 e. The number of anilines is 1. The number of rotatable bonds is 7. The zero-order valence-electron chi connectivity index (χ0n) is 21.2. The average Bonchev–Trinajstić information content (AvgIpc) is 3.59. The van der Waals surface area contributed by atoms with E-state index in [1.807, 2.05) is 50.5 Å². The predicted molar refractivity (Wildman–Crippen MR) is 141 cm³/mol. The smallest absolute Gasteiger partial charge is 0.320 e. The van der Waals surface area contributed by atoms with Gasteiger partial charge in [0.1, 0.15) is 11.5 Å². The van der Waals surface area contributed by atoms with Gasteiger partial charge < -0.3 is 11.1 Å². The highest BCUT2D eigenvalue weighted by Crippen LogP contribution is 2.31. The minimum atomic E-state index is -0.909. The Bertz CT molecular complexity index is 1430. The number of likely N-dealkylation sites (tertiary alicyclic amines) is 1. The lowest BCUT2D eigenvalue weighted by Gasteiger charge is -2.21. The van der Waals surface area contributed by atoms with E-state index in [1.165, 1.54) is 6.07 Å². The summed E-state index contributed by atoms with van der Waals surface area (Å²) in [6.07, 6.45) is 3.59. The second-order valence-corrected chi connectivity index (χ2v) is 9.51. The maximum Gasteiger partial charge on any atom is 0.320 e. The van der Waals surface area contributed by atoms with Crippen molar-refractivity contribution in [1.82, 2.24) is 29.8 Å². The summed E-state index contributed by atoms with van der Waals surface area (Å²) in [5, 5.41) is 15.1. The molecule has 5 rings (SSSR count). The molecule has 0 unspecified atom stereocenters. The van der Waals surface area contributed by atoms with Crippen molar-refractivity contribution < 1.29 is 13.6 Å². The molecule has 9 nitrogen and oxygen atoms in total. The summed E-state index contributed by atoms with van der Waals surface area (Å²) < 4.78 is 31.0. The van der Waals surface area contributed by atoms with E-state index in [0.29, 0.717) is 43.3 Å². The first-order valence-corrected chi connectivity index (χ1v) is 12.4. The molecule has 0 saturated carbocycles. The normalized spacial score (nSPS) is 17.6. The van der Waals surface area contributed by atoms with E-state index in [1.54, 1.807) is 21.6 Å². The number of amides is 2. The molecule has 3 heterocycles. The van der Waals surface area contributed by atoms with Crippen LogP contribution in [0.4, 0.5) is 19.4 Å². The summed E-state index contributed by atoms with van der Waals surface area (Å²) in [5.41, 5.74) is 9.48. The lowest BCUT2D eigenvalue weighted by atomic mass is 9.94. The fourth-order valence-electron chi connectivity index (χ4n) is 5.01. The number of nitrogens with one attached hydrogen (secondary N) is 2. The molecule has 1 aliphatic rings. The number of benzene rings is 2. The zero-order valence-corrected chi connectivity index (χ0v) is 21.2. The Morgan fingerprint density at radius 1 is 1.13 bits per heavy atom. The van der Waals surface area contributed by atoms with Crippen LogP contribution in [0.1, 0.15) is 17.0 Å². The summed E-state index contributed by atoms with van der Waals surface area (Å²) in [5.74, 6) is -1.52. The van der Waals surface area contributed by atoms with E-state index in [-0.39, 0.29) is 12.0 Å². The molecule has 0 radical (unpaired) electrons. The van der Waals surface area contributed by atoms with Crippen molar-refractivity contribution >= 4 is 11.8 Å². The summed E-state index contributed by atoms with van der Waals surface area (Å²) in [6.45, 7) is 4.09. The van der Waals surface area contributed by atoms with Gasteiger partial charge in [-0.25, -0.2) is 18.3 Å². The molecule has 2 aromatic heterocycles. The van der Waals surface area contributed by atoms with Crippen molar-refractivity contribution in [3.8, 4) is 16.9 Å². The molecule has 2 amide bonds. The molecule has 0 aliphatic carbocycles. The van der Waals surface area contributed by atoms with Gasteiger partial charge in [-0.3, -0.25) is 14.9 Å². The Kier molecular flexibility index (Phi) is 7.21. The van der Waals surface area contributed by atoms with E-state index in [9.17, 15) is 13.6 Å². The topological polar surface area (TPSA) is 106 Å². The van der Waals surface area contributed by atoms with Crippen LogP contribution < -0.4 is 16.4 Å². The number of hydrogen-bond acceptors (Lipinski definition) is 5. The van der Waals surface area contributed by atoms with Gasteiger partial charge in [0, 0.05) is 56.5 Å². The maximum atomic E-state index is 14.0. The molecule has 38 heavy (non-hydrogen) atoms. The van der Waals surface area contributed by atoms with Gasteiger partial charge in [-0.15, -0.1) is 0 Å². The van der Waals surface area contributed by atoms with Crippen molar-refractivity contribution in [2.45, 2.75) is 18.9 Å². The second kappa shape index (κ2) is 10.7. The number of para-hydroxylation sites is 1. The Labute approximate surface area is 219 Å². The third-order valence-corrected chi connectivity index (χ3v) is 6.86. The highest BCUT2D eigenvalue weighted by Gasteiger charge is 2.35. The van der Waals surface area contributed by atoms with E-state index in [4.69, 9.17) is 10.8 Å². The SMILES string of the molecule is Cc1c(-c2cnn(C)c2)nn(-c2ccccc2)c1NC(=O)N[C@@H]1CN(CCN)C[C@H]1c1ccc(F)c(F)c1. The molecule has 4 N–H and O–H groups in total. The van der Waals surface area contributed by atoms with Crippen LogP contribution in [0.15, 0.2) is 60.9 Å². The monoisotopic (exact) mass is 520 g/mol. The number of aromatic nitrogens is 4. The standard InChI is InChI=1S/C27H30F2N8O/c1-17-25(19-13-31-35(2)14-19)34-37(20-6-4-3-5-7-20)26(17)33-27(38)32-24-16-36(11-10-30)15-21(24)18-8-9-22(28)23(29)12-18/h3-9,12-14,21,24H,10-11,15-16,30H2,1-2H3,(H2,32,33,38)/t21-,24+/m0/s1. The minimum absolute atomic E-state index is 0.228. The fourth-order valence-corrected chi connectivity index (χ4v) is 5.01. The van der Waals surface area contributed by atoms with Gasteiger partial charge in [0.25, 0.3) is 0 Å². The van der Waals surface area contributed by atoms with Gasteiger partial charge in [-0.2, -0.15) is 10.2 Å². The lowest BCUT2D eigenvalue weighted by molar-refractivity contribution is 0.247. The van der Waals surface area contributed by atoms with Gasteiger partial charge in [0.15, 0.2) is 11.6 Å². The van der Waals surface area contributed by atoms with Crippen molar-refractivity contribution in [1.29, 1.82) is 0 Å². The Balaban J connectivity index is 1.43. The number of carbonyl (C=O) groups excluding carboxylic acids is 1. The summed E-state index contributed by atoms with van der Waals surface area (Å²) in [4.78, 5) is 15.5. The third kappa shape index (κ3) is 5.15. The summed E-state index contributed by atoms with van der Waals surface area (Å²) >= 11 is 0. The molecule has 1 fully saturated rings. The summed E-state index contributed by atoms with van der Waals surface area (Å²) in [6, 6.07) is 12.7. The maximum absolute atomic E-state index is 14.0. The first kappa shape index (κ1) is 25.6. The van der Waals surface area contributed by atoms with E-state index < -0.39 is 17.7 Å². The molecule has 4 aromatic rings. The van der Waals surface area contributed by atoms with Gasteiger partial charge in [0.2, 0.25) is 0 Å². The van der Waals surface area contributed by atoms with Gasteiger partial charge in [-0.1, -0.05) is 24.3 Å². The molecular formula is C27H30F2N8O. The van der Waals surface area contributed by atoms with Crippen LogP contribution in [0.2, 0.25) is 0 Å². The average molecular weight is 521 g/mol. The molecule has 1 aliphatic heterocycles. The van der Waals surface area contributed by atoms with Crippen LogP contribution in [-0.4, -0.2) is 62.7 Å². The molecule has 1 saturated heterocycles. The number of hydrogen-bond donors (Lipinski definition) is 3. The highest BCUT2D eigenvalue weighted by atomic mass is 19.2. The van der Waals surface area contributed by atoms with Gasteiger partial charge in [0.05, 0.1) is 17.9 Å². The molecule has 0 spiro atoms. The lowest BCUT2D eigenvalue weighted by Crippen LogP contribution is -2.42. The third-order valence-electron chi connectivity index (χ3n) is 6.86. The fraction of sp³-hybridized carbons (Fsp3) is 0.296. The van der Waals surface area contributed by atoms with E-state index in [2.05, 4.69) is 20.6 Å². The van der Waals surface area contributed by atoms with Gasteiger partial charge >= 0.3 is 6.03 Å². The first-order valence-electron chi connectivity index (χ1n) is 12.4. The van der Waals surface area contributed by atoms with Crippen LogP contribution in [0.25, 0.3) is 16.9 Å². The van der Waals surface area contributed by atoms with Crippen LogP contribution >= 0.6 is 0 Å². The van der Waals surface area contributed by atoms with Crippen LogP contribution in [-0.2, 0) is 7.05 Å². The summed E-state index contributed by atoms with van der Waals surface area (Å²) in [7, 11) is 1.83. The highest BCUT2D eigenvalue weighted by molar-refractivity contribution is 5.91. The van der Waals surface area contributed by atoms with Crippen molar-refractivity contribution in [3.05, 3.63) is 83.7 Å². The molecule has 0 bridgehead atoms. The predicted octanol–water partition coefficient (Wildman–Crippen LogP) is 3.41. The number of nitrogens with two attached hydrogens (primary N) is 1. The number of carbonyl (C=O) groups is 1. The molecule has 198 valence electrons. The largest absolute Gasteiger partial charge is 0.333 e. The number of nitrogens with zero attached hydrogens (tertiary/aromatic N) is 5. The zero-order chi connectivity index (χ0) is 26.8. The second-order valence-electron chi connectivity index (χ2n) is 9.51. The number of urea groups is 1. The molecular weight excluding hydrogens is 490 g/mol. The van der Waals surface area contributed by atoms with Crippen molar-refractivity contribution in [2.75, 3.05) is 31.5 Å². The molecule has 2 atom stereocenters. The number of aryl methyl sites for hydroxylation is 1. The number of halogens is 2. The van der Waals surface area contributed by atoms with Gasteiger partial charge in [-0.05, 0) is 36.8 Å². The van der Waals surface area contributed by atoms with E-state index in [0.717, 1.165) is 22.9 Å². The van der Waals surface area contributed by atoms with Crippen molar-refractivity contribution in [2.24, 2.45) is 12.8 Å².